The first-order chi connectivity index (χ1) is 8.31. The van der Waals surface area contributed by atoms with Crippen LogP contribution in [-0.4, -0.2) is 10.2 Å². The Morgan fingerprint density at radius 2 is 2.06 bits per heavy atom. The SMILES string of the molecule is Cc1ccccc1OCc1ncccc1NO. The van der Waals surface area contributed by atoms with E-state index in [1.54, 1.807) is 18.3 Å². The zero-order valence-corrected chi connectivity index (χ0v) is 9.55. The highest BCUT2D eigenvalue weighted by Crippen LogP contribution is 2.19. The van der Waals surface area contributed by atoms with Crippen LogP contribution in [-0.2, 0) is 6.61 Å². The van der Waals surface area contributed by atoms with Gasteiger partial charge in [-0.1, -0.05) is 18.2 Å². The van der Waals surface area contributed by atoms with Gasteiger partial charge in [-0.3, -0.25) is 15.7 Å². The van der Waals surface area contributed by atoms with Gasteiger partial charge < -0.3 is 4.74 Å². The van der Waals surface area contributed by atoms with E-state index >= 15 is 0 Å². The van der Waals surface area contributed by atoms with Gasteiger partial charge in [-0.2, -0.15) is 0 Å². The van der Waals surface area contributed by atoms with Crippen molar-refractivity contribution in [2.24, 2.45) is 0 Å². The van der Waals surface area contributed by atoms with Gasteiger partial charge in [0.2, 0.25) is 0 Å². The first-order valence-electron chi connectivity index (χ1n) is 5.33. The minimum absolute atomic E-state index is 0.314. The average molecular weight is 230 g/mol. The number of para-hydroxylation sites is 1. The van der Waals surface area contributed by atoms with Crippen LogP contribution in [0.1, 0.15) is 11.3 Å². The molecule has 0 aliphatic heterocycles. The minimum atomic E-state index is 0.314. The van der Waals surface area contributed by atoms with E-state index in [0.717, 1.165) is 11.3 Å². The Labute approximate surface area is 99.8 Å². The third-order valence-corrected chi connectivity index (χ3v) is 2.47. The lowest BCUT2D eigenvalue weighted by molar-refractivity contribution is 0.297. The van der Waals surface area contributed by atoms with Crippen molar-refractivity contribution < 1.29 is 9.94 Å². The molecule has 4 heteroatoms. The molecule has 0 aliphatic carbocycles. The summed E-state index contributed by atoms with van der Waals surface area (Å²) in [5.74, 6) is 0.821. The molecule has 0 atom stereocenters. The Hall–Kier alpha value is -2.07. The fraction of sp³-hybridized carbons (Fsp3) is 0.154. The van der Waals surface area contributed by atoms with Crippen LogP contribution >= 0.6 is 0 Å². The summed E-state index contributed by atoms with van der Waals surface area (Å²) >= 11 is 0. The fourth-order valence-corrected chi connectivity index (χ4v) is 1.52. The maximum atomic E-state index is 8.92. The largest absolute Gasteiger partial charge is 0.487 e. The summed E-state index contributed by atoms with van der Waals surface area (Å²) in [5.41, 5.74) is 4.40. The highest BCUT2D eigenvalue weighted by molar-refractivity contribution is 5.45. The molecule has 0 spiro atoms. The van der Waals surface area contributed by atoms with Gasteiger partial charge in [0.05, 0.1) is 5.69 Å². The maximum Gasteiger partial charge on any atom is 0.132 e. The van der Waals surface area contributed by atoms with Gasteiger partial charge in [0, 0.05) is 6.20 Å². The van der Waals surface area contributed by atoms with Gasteiger partial charge >= 0.3 is 0 Å². The second-order valence-corrected chi connectivity index (χ2v) is 3.66. The number of pyridine rings is 1. The Morgan fingerprint density at radius 3 is 2.82 bits per heavy atom. The summed E-state index contributed by atoms with van der Waals surface area (Å²) in [7, 11) is 0. The number of nitrogens with one attached hydrogen (secondary N) is 1. The van der Waals surface area contributed by atoms with Crippen molar-refractivity contribution in [3.05, 3.63) is 53.9 Å². The molecule has 2 rings (SSSR count). The van der Waals surface area contributed by atoms with Crippen LogP contribution in [0.3, 0.4) is 0 Å². The molecule has 88 valence electrons. The molecule has 0 saturated heterocycles. The second kappa shape index (κ2) is 5.32. The zero-order chi connectivity index (χ0) is 12.1. The van der Waals surface area contributed by atoms with Crippen molar-refractivity contribution in [2.45, 2.75) is 13.5 Å². The summed E-state index contributed by atoms with van der Waals surface area (Å²) in [5, 5.41) is 8.92. The van der Waals surface area contributed by atoms with Crippen LogP contribution in [0.5, 0.6) is 5.75 Å². The summed E-state index contributed by atoms with van der Waals surface area (Å²) < 4.78 is 5.65. The van der Waals surface area contributed by atoms with Crippen molar-refractivity contribution in [2.75, 3.05) is 5.48 Å². The van der Waals surface area contributed by atoms with Crippen LogP contribution in [0.2, 0.25) is 0 Å². The molecule has 1 aromatic carbocycles. The quantitative estimate of drug-likeness (QED) is 0.793. The standard InChI is InChI=1S/C13H14N2O2/c1-10-5-2-3-7-13(10)17-9-12-11(15-16)6-4-8-14-12/h2-8,15-16H,9H2,1H3. The molecule has 17 heavy (non-hydrogen) atoms. The Bertz CT molecular complexity index is 500. The topological polar surface area (TPSA) is 54.4 Å². The number of hydrogen-bond acceptors (Lipinski definition) is 4. The molecular formula is C13H14N2O2. The molecule has 0 bridgehead atoms. The Balaban J connectivity index is 2.10. The van der Waals surface area contributed by atoms with Crippen molar-refractivity contribution in [3.63, 3.8) is 0 Å². The first kappa shape index (κ1) is 11.4. The van der Waals surface area contributed by atoms with Crippen LogP contribution < -0.4 is 10.2 Å². The predicted molar refractivity (Wildman–Crippen MR) is 65.2 cm³/mol. The van der Waals surface area contributed by atoms with Gasteiger partial charge in [0.15, 0.2) is 0 Å². The molecule has 0 amide bonds. The van der Waals surface area contributed by atoms with Gasteiger partial charge in [-0.15, -0.1) is 0 Å². The number of benzene rings is 1. The molecule has 2 aromatic rings. The molecule has 1 aromatic heterocycles. The zero-order valence-electron chi connectivity index (χ0n) is 9.55. The summed E-state index contributed by atoms with van der Waals surface area (Å²) in [6, 6.07) is 11.3. The Morgan fingerprint density at radius 1 is 1.24 bits per heavy atom. The van der Waals surface area contributed by atoms with E-state index in [1.807, 2.05) is 31.2 Å². The third-order valence-electron chi connectivity index (χ3n) is 2.47. The number of rotatable bonds is 4. The van der Waals surface area contributed by atoms with E-state index in [1.165, 1.54) is 0 Å². The molecule has 0 fully saturated rings. The minimum Gasteiger partial charge on any atom is -0.487 e. The highest BCUT2D eigenvalue weighted by Gasteiger charge is 2.04. The van der Waals surface area contributed by atoms with Crippen LogP contribution in [0.4, 0.5) is 5.69 Å². The molecule has 0 radical (unpaired) electrons. The number of nitrogens with zero attached hydrogens (tertiary/aromatic N) is 1. The maximum absolute atomic E-state index is 8.92. The van der Waals surface area contributed by atoms with Gasteiger partial charge in [0.1, 0.15) is 18.1 Å². The smallest absolute Gasteiger partial charge is 0.132 e. The van der Waals surface area contributed by atoms with E-state index in [9.17, 15) is 0 Å². The molecule has 2 N–H and O–H groups in total. The molecule has 4 nitrogen and oxygen atoms in total. The molecule has 0 saturated carbocycles. The van der Waals surface area contributed by atoms with E-state index in [4.69, 9.17) is 9.94 Å². The lowest BCUT2D eigenvalue weighted by Crippen LogP contribution is -2.03. The monoisotopic (exact) mass is 230 g/mol. The lowest BCUT2D eigenvalue weighted by atomic mass is 10.2. The number of anilines is 1. The Kier molecular flexibility index (Phi) is 3.57. The van der Waals surface area contributed by atoms with Crippen molar-refractivity contribution in [1.82, 2.24) is 4.98 Å². The third kappa shape index (κ3) is 2.73. The number of ether oxygens (including phenoxy) is 1. The van der Waals surface area contributed by atoms with Gasteiger partial charge in [-0.05, 0) is 30.7 Å². The van der Waals surface area contributed by atoms with Gasteiger partial charge in [0.25, 0.3) is 0 Å². The second-order valence-electron chi connectivity index (χ2n) is 3.66. The lowest BCUT2D eigenvalue weighted by Gasteiger charge is -2.10. The van der Waals surface area contributed by atoms with Crippen LogP contribution in [0.25, 0.3) is 0 Å². The van der Waals surface area contributed by atoms with E-state index in [-0.39, 0.29) is 0 Å². The normalized spacial score (nSPS) is 10.0. The fourth-order valence-electron chi connectivity index (χ4n) is 1.52. The average Bonchev–Trinajstić information content (AvgIpc) is 2.38. The first-order valence-corrected chi connectivity index (χ1v) is 5.33. The number of aromatic nitrogens is 1. The molecule has 0 unspecified atom stereocenters. The van der Waals surface area contributed by atoms with Crippen LogP contribution in [0, 0.1) is 6.92 Å². The van der Waals surface area contributed by atoms with E-state index in [2.05, 4.69) is 10.5 Å². The number of aryl methyl sites for hydroxylation is 1. The van der Waals surface area contributed by atoms with E-state index < -0.39 is 0 Å². The summed E-state index contributed by atoms with van der Waals surface area (Å²) in [6.45, 7) is 2.30. The van der Waals surface area contributed by atoms with Crippen molar-refractivity contribution in [3.8, 4) is 5.75 Å². The summed E-state index contributed by atoms with van der Waals surface area (Å²) in [6.07, 6.45) is 1.66. The summed E-state index contributed by atoms with van der Waals surface area (Å²) in [4.78, 5) is 4.15. The van der Waals surface area contributed by atoms with Crippen LogP contribution in [0.15, 0.2) is 42.6 Å². The molecule has 1 heterocycles. The highest BCUT2D eigenvalue weighted by atomic mass is 16.5. The van der Waals surface area contributed by atoms with Crippen molar-refractivity contribution >= 4 is 5.69 Å². The molecule has 0 aliphatic rings. The van der Waals surface area contributed by atoms with E-state index in [0.29, 0.717) is 18.0 Å². The van der Waals surface area contributed by atoms with Crippen molar-refractivity contribution in [1.29, 1.82) is 0 Å². The molecular weight excluding hydrogens is 216 g/mol. The van der Waals surface area contributed by atoms with Gasteiger partial charge in [-0.25, -0.2) is 0 Å². The number of hydrogen-bond donors (Lipinski definition) is 2. The predicted octanol–water partition coefficient (Wildman–Crippen LogP) is 2.77.